The van der Waals surface area contributed by atoms with Gasteiger partial charge in [0.2, 0.25) is 17.7 Å². The molecule has 29 heavy (non-hydrogen) atoms. The highest BCUT2D eigenvalue weighted by atomic mass is 16.2. The minimum atomic E-state index is -0.783. The number of likely N-dealkylation sites (tertiary alicyclic amines) is 1. The third kappa shape index (κ3) is 3.19. The van der Waals surface area contributed by atoms with Crippen LogP contribution in [0.5, 0.6) is 0 Å². The molecule has 1 N–H and O–H groups in total. The van der Waals surface area contributed by atoms with Crippen molar-refractivity contribution >= 4 is 17.7 Å². The molecule has 2 aliphatic carbocycles. The Morgan fingerprint density at radius 1 is 1.10 bits per heavy atom. The number of nitrogens with zero attached hydrogens (tertiary/aromatic N) is 1. The lowest BCUT2D eigenvalue weighted by molar-refractivity contribution is -0.173. The van der Waals surface area contributed by atoms with Gasteiger partial charge in [-0.05, 0) is 36.7 Å². The fourth-order valence-electron chi connectivity index (χ4n) is 5.65. The highest BCUT2D eigenvalue weighted by molar-refractivity contribution is 6.07. The number of nitrogens with one attached hydrogen (secondary N) is 1. The first-order chi connectivity index (χ1) is 13.8. The van der Waals surface area contributed by atoms with Crippen molar-refractivity contribution in [2.24, 2.45) is 16.7 Å². The van der Waals surface area contributed by atoms with E-state index in [0.717, 1.165) is 31.2 Å². The summed E-state index contributed by atoms with van der Waals surface area (Å²) in [5.74, 6) is -0.742. The van der Waals surface area contributed by atoms with E-state index in [0.29, 0.717) is 19.3 Å². The first-order valence-corrected chi connectivity index (χ1v) is 11.0. The van der Waals surface area contributed by atoms with E-state index in [-0.39, 0.29) is 35.1 Å². The van der Waals surface area contributed by atoms with Gasteiger partial charge in [0.05, 0.1) is 5.41 Å². The normalized spacial score (nSPS) is 29.9. The summed E-state index contributed by atoms with van der Waals surface area (Å²) in [6.45, 7) is 6.04. The maximum absolute atomic E-state index is 13.6. The molecule has 3 atom stereocenters. The van der Waals surface area contributed by atoms with Gasteiger partial charge in [-0.15, -0.1) is 0 Å². The first-order valence-electron chi connectivity index (χ1n) is 11.0. The highest BCUT2D eigenvalue weighted by Crippen LogP contribution is 2.60. The molecule has 1 saturated heterocycles. The van der Waals surface area contributed by atoms with Crippen LogP contribution in [0.2, 0.25) is 0 Å². The number of carbonyl (C=O) groups excluding carboxylic acids is 3. The second-order valence-corrected chi connectivity index (χ2v) is 9.85. The lowest BCUT2D eigenvalue weighted by atomic mass is 9.62. The van der Waals surface area contributed by atoms with E-state index in [2.05, 4.69) is 5.32 Å². The molecule has 5 heteroatoms. The van der Waals surface area contributed by atoms with Crippen molar-refractivity contribution in [2.45, 2.75) is 77.8 Å². The molecule has 5 nitrogen and oxygen atoms in total. The Morgan fingerprint density at radius 2 is 1.76 bits per heavy atom. The number of piperidine rings is 1. The summed E-state index contributed by atoms with van der Waals surface area (Å²) in [6.07, 6.45) is 5.95. The van der Waals surface area contributed by atoms with Gasteiger partial charge in [0, 0.05) is 18.4 Å². The second-order valence-electron chi connectivity index (χ2n) is 9.85. The van der Waals surface area contributed by atoms with E-state index in [1.807, 2.05) is 51.1 Å². The van der Waals surface area contributed by atoms with E-state index in [1.165, 1.54) is 4.90 Å². The molecular weight excluding hydrogens is 364 g/mol. The van der Waals surface area contributed by atoms with E-state index in [1.54, 1.807) is 0 Å². The Kier molecular flexibility index (Phi) is 5.04. The van der Waals surface area contributed by atoms with Gasteiger partial charge in [0.1, 0.15) is 6.04 Å². The molecule has 0 aromatic heterocycles. The van der Waals surface area contributed by atoms with Crippen LogP contribution >= 0.6 is 0 Å². The Hall–Kier alpha value is -2.17. The van der Waals surface area contributed by atoms with Crippen LogP contribution in [0.3, 0.4) is 0 Å². The van der Waals surface area contributed by atoms with Gasteiger partial charge < -0.3 is 5.32 Å². The number of benzene rings is 1. The van der Waals surface area contributed by atoms with E-state index in [9.17, 15) is 14.4 Å². The van der Waals surface area contributed by atoms with Gasteiger partial charge in [-0.3, -0.25) is 19.3 Å². The zero-order valence-corrected chi connectivity index (χ0v) is 17.7. The van der Waals surface area contributed by atoms with Crippen LogP contribution in [0, 0.1) is 16.7 Å². The SMILES string of the molecule is CC12CCC(C(=O)N(C(Cc3ccccc3)C(=O)NC3CCCC3)C1=O)C2(C)C. The average molecular weight is 397 g/mol. The zero-order valence-electron chi connectivity index (χ0n) is 17.7. The predicted octanol–water partition coefficient (Wildman–Crippen LogP) is 3.47. The van der Waals surface area contributed by atoms with Gasteiger partial charge in [-0.1, -0.05) is 63.9 Å². The third-order valence-electron chi connectivity index (χ3n) is 8.04. The molecular formula is C24H32N2O3. The summed E-state index contributed by atoms with van der Waals surface area (Å²) in [5.41, 5.74) is -0.0209. The number of rotatable bonds is 5. The topological polar surface area (TPSA) is 66.5 Å². The molecule has 4 rings (SSSR count). The van der Waals surface area contributed by atoms with Crippen molar-refractivity contribution in [1.82, 2.24) is 10.2 Å². The van der Waals surface area contributed by atoms with Gasteiger partial charge in [-0.2, -0.15) is 0 Å². The van der Waals surface area contributed by atoms with Crippen LogP contribution in [0.4, 0.5) is 0 Å². The van der Waals surface area contributed by atoms with Crippen molar-refractivity contribution < 1.29 is 14.4 Å². The number of carbonyl (C=O) groups is 3. The summed E-state index contributed by atoms with van der Waals surface area (Å²) >= 11 is 0. The molecule has 1 heterocycles. The largest absolute Gasteiger partial charge is 0.352 e. The van der Waals surface area contributed by atoms with Crippen LogP contribution in [-0.4, -0.2) is 34.7 Å². The van der Waals surface area contributed by atoms with E-state index in [4.69, 9.17) is 0 Å². The fraction of sp³-hybridized carbons (Fsp3) is 0.625. The van der Waals surface area contributed by atoms with Crippen LogP contribution in [0.15, 0.2) is 30.3 Å². The fourth-order valence-corrected chi connectivity index (χ4v) is 5.65. The molecule has 1 aromatic carbocycles. The number of imide groups is 1. The van der Waals surface area contributed by atoms with Gasteiger partial charge in [0.25, 0.3) is 0 Å². The number of fused-ring (bicyclic) bond motifs is 2. The minimum absolute atomic E-state index is 0.152. The molecule has 3 fully saturated rings. The smallest absolute Gasteiger partial charge is 0.243 e. The molecule has 3 aliphatic rings. The van der Waals surface area contributed by atoms with Crippen molar-refractivity contribution in [2.75, 3.05) is 0 Å². The molecule has 0 radical (unpaired) electrons. The number of hydrogen-bond donors (Lipinski definition) is 1. The van der Waals surface area contributed by atoms with Crippen LogP contribution in [0.25, 0.3) is 0 Å². The Morgan fingerprint density at radius 3 is 2.41 bits per heavy atom. The molecule has 1 aliphatic heterocycles. The Labute approximate surface area is 173 Å². The van der Waals surface area contributed by atoms with Crippen molar-refractivity contribution in [3.05, 3.63) is 35.9 Å². The second kappa shape index (κ2) is 7.26. The quantitative estimate of drug-likeness (QED) is 0.775. The minimum Gasteiger partial charge on any atom is -0.352 e. The summed E-state index contributed by atoms with van der Waals surface area (Å²) in [4.78, 5) is 41.7. The summed E-state index contributed by atoms with van der Waals surface area (Å²) in [5, 5.41) is 3.14. The maximum Gasteiger partial charge on any atom is 0.243 e. The molecule has 0 spiro atoms. The van der Waals surface area contributed by atoms with Crippen LogP contribution < -0.4 is 5.32 Å². The van der Waals surface area contributed by atoms with Crippen LogP contribution in [-0.2, 0) is 20.8 Å². The number of hydrogen-bond acceptors (Lipinski definition) is 3. The molecule has 3 amide bonds. The summed E-state index contributed by atoms with van der Waals surface area (Å²) in [6, 6.07) is 9.06. The standard InChI is InChI=1S/C24H32N2O3/c1-23(2)18-13-14-24(23,3)22(29)26(21(18)28)19(15-16-9-5-4-6-10-16)20(27)25-17-11-7-8-12-17/h4-6,9-10,17-19H,7-8,11-15H2,1-3H3,(H,25,27). The highest BCUT2D eigenvalue weighted by Gasteiger charge is 2.65. The average Bonchev–Trinajstić information content (AvgIpc) is 3.25. The number of amides is 3. The monoisotopic (exact) mass is 396 g/mol. The van der Waals surface area contributed by atoms with E-state index < -0.39 is 11.5 Å². The van der Waals surface area contributed by atoms with Crippen molar-refractivity contribution in [3.8, 4) is 0 Å². The maximum atomic E-state index is 13.6. The molecule has 1 aromatic rings. The Bertz CT molecular complexity index is 813. The molecule has 2 saturated carbocycles. The molecule has 3 unspecified atom stereocenters. The lowest BCUT2D eigenvalue weighted by Crippen LogP contribution is -2.65. The predicted molar refractivity (Wildman–Crippen MR) is 111 cm³/mol. The van der Waals surface area contributed by atoms with E-state index >= 15 is 0 Å². The Balaban J connectivity index is 1.67. The van der Waals surface area contributed by atoms with Gasteiger partial charge >= 0.3 is 0 Å². The van der Waals surface area contributed by atoms with Crippen molar-refractivity contribution in [3.63, 3.8) is 0 Å². The molecule has 156 valence electrons. The zero-order chi connectivity index (χ0) is 20.8. The van der Waals surface area contributed by atoms with Crippen LogP contribution in [0.1, 0.15) is 64.9 Å². The first kappa shape index (κ1) is 20.1. The lowest BCUT2D eigenvalue weighted by Gasteiger charge is -2.49. The summed E-state index contributed by atoms with van der Waals surface area (Å²) < 4.78 is 0. The van der Waals surface area contributed by atoms with Crippen molar-refractivity contribution in [1.29, 1.82) is 0 Å². The van der Waals surface area contributed by atoms with Gasteiger partial charge in [-0.25, -0.2) is 0 Å². The third-order valence-corrected chi connectivity index (χ3v) is 8.04. The summed E-state index contributed by atoms with van der Waals surface area (Å²) in [7, 11) is 0. The molecule has 2 bridgehead atoms. The van der Waals surface area contributed by atoms with Gasteiger partial charge in [0.15, 0.2) is 0 Å².